The summed E-state index contributed by atoms with van der Waals surface area (Å²) in [5, 5.41) is 11.6. The second kappa shape index (κ2) is 9.18. The molecule has 1 unspecified atom stereocenters. The first-order valence-corrected chi connectivity index (χ1v) is 10.9. The van der Waals surface area contributed by atoms with Crippen LogP contribution in [0, 0.1) is 11.3 Å². The van der Waals surface area contributed by atoms with Crippen molar-refractivity contribution in [2.45, 2.75) is 45.9 Å². The van der Waals surface area contributed by atoms with Gasteiger partial charge in [0.1, 0.15) is 10.8 Å². The molecule has 0 amide bonds. The van der Waals surface area contributed by atoms with Gasteiger partial charge in [-0.25, -0.2) is 9.78 Å². The summed E-state index contributed by atoms with van der Waals surface area (Å²) in [4.78, 5) is 19.6. The largest absolute Gasteiger partial charge is 0.467 e. The van der Waals surface area contributed by atoms with E-state index in [1.165, 1.54) is 24.5 Å². The molecule has 1 aromatic heterocycles. The van der Waals surface area contributed by atoms with E-state index < -0.39 is 18.2 Å². The number of carbonyl (C=O) groups is 1. The molecule has 6 nitrogen and oxygen atoms in total. The van der Waals surface area contributed by atoms with Crippen molar-refractivity contribution in [1.29, 1.82) is 0 Å². The number of ether oxygens (including phenoxy) is 2. The number of halogens is 2. The van der Waals surface area contributed by atoms with E-state index in [0.29, 0.717) is 30.1 Å². The summed E-state index contributed by atoms with van der Waals surface area (Å²) in [7, 11) is 1.28. The number of hydrogen-bond acceptors (Lipinski definition) is 7. The molecule has 2 heterocycles. The quantitative estimate of drug-likeness (QED) is 0.660. The molecule has 1 aliphatic heterocycles. The van der Waals surface area contributed by atoms with Gasteiger partial charge in [0.05, 0.1) is 12.7 Å². The maximum Gasteiger partial charge on any atom is 0.387 e. The first-order valence-electron chi connectivity index (χ1n) is 10.0. The van der Waals surface area contributed by atoms with Gasteiger partial charge in [0.2, 0.25) is 0 Å². The maximum atomic E-state index is 12.7. The number of aromatic nitrogens is 1. The van der Waals surface area contributed by atoms with Crippen molar-refractivity contribution < 1.29 is 28.2 Å². The van der Waals surface area contributed by atoms with E-state index in [-0.39, 0.29) is 23.6 Å². The third kappa shape index (κ3) is 5.58. The normalized spacial score (nSPS) is 22.5. The third-order valence-corrected chi connectivity index (χ3v) is 6.62. The summed E-state index contributed by atoms with van der Waals surface area (Å²) in [5.41, 5.74) is -1.18. The molecule has 0 bridgehead atoms. The second-order valence-corrected chi connectivity index (χ2v) is 10.1. The number of para-hydroxylation sites is 1. The number of aliphatic hydroxyl groups is 1. The maximum absolute atomic E-state index is 12.7. The summed E-state index contributed by atoms with van der Waals surface area (Å²) in [6.07, 6.45) is 2.03. The summed E-state index contributed by atoms with van der Waals surface area (Å²) in [6, 6.07) is 6.54. The monoisotopic (exact) mass is 454 g/mol. The highest BCUT2D eigenvalue weighted by Crippen LogP contribution is 2.39. The van der Waals surface area contributed by atoms with E-state index >= 15 is 0 Å². The van der Waals surface area contributed by atoms with Gasteiger partial charge >= 0.3 is 12.6 Å². The van der Waals surface area contributed by atoms with Crippen LogP contribution in [0.25, 0.3) is 10.6 Å². The standard InChI is InChI=1S/C22H28F2N2O4S/c1-21(2,3)14-9-22(28,19(27)29-4)13-26(11-14)12-15-10-25-18(31-15)16-7-5-6-8-17(16)30-20(23)24/h5-8,10,14,20,28H,9,11-13H2,1-4H3/t14?,22-/m0/s1. The van der Waals surface area contributed by atoms with Gasteiger partial charge in [-0.2, -0.15) is 8.78 Å². The Balaban J connectivity index is 1.81. The van der Waals surface area contributed by atoms with Crippen LogP contribution in [-0.4, -0.2) is 53.4 Å². The lowest BCUT2D eigenvalue weighted by Gasteiger charge is -2.45. The Morgan fingerprint density at radius 3 is 2.74 bits per heavy atom. The zero-order valence-electron chi connectivity index (χ0n) is 18.1. The van der Waals surface area contributed by atoms with Crippen LogP contribution in [0.15, 0.2) is 30.5 Å². The highest BCUT2D eigenvalue weighted by molar-refractivity contribution is 7.15. The lowest BCUT2D eigenvalue weighted by Crippen LogP contribution is -2.58. The Bertz CT molecular complexity index is 915. The summed E-state index contributed by atoms with van der Waals surface area (Å²) >= 11 is 1.37. The van der Waals surface area contributed by atoms with Gasteiger partial charge in [-0.05, 0) is 29.9 Å². The van der Waals surface area contributed by atoms with Crippen molar-refractivity contribution in [2.24, 2.45) is 11.3 Å². The molecule has 1 N–H and O–H groups in total. The predicted molar refractivity (Wildman–Crippen MR) is 114 cm³/mol. The number of rotatable bonds is 6. The van der Waals surface area contributed by atoms with Gasteiger partial charge in [0, 0.05) is 30.7 Å². The topological polar surface area (TPSA) is 71.9 Å². The fraction of sp³-hybridized carbons (Fsp3) is 0.545. The smallest absolute Gasteiger partial charge is 0.387 e. The molecule has 2 atom stereocenters. The molecule has 31 heavy (non-hydrogen) atoms. The number of likely N-dealkylation sites (tertiary alicyclic amines) is 1. The molecule has 2 aromatic rings. The average Bonchev–Trinajstić information content (AvgIpc) is 3.14. The highest BCUT2D eigenvalue weighted by Gasteiger charge is 2.47. The number of alkyl halides is 2. The number of piperidine rings is 1. The van der Waals surface area contributed by atoms with Crippen molar-refractivity contribution in [1.82, 2.24) is 9.88 Å². The molecule has 1 fully saturated rings. The molecule has 0 aliphatic carbocycles. The van der Waals surface area contributed by atoms with Crippen molar-refractivity contribution in [3.05, 3.63) is 35.3 Å². The van der Waals surface area contributed by atoms with Crippen molar-refractivity contribution in [2.75, 3.05) is 20.2 Å². The van der Waals surface area contributed by atoms with Crippen LogP contribution in [0.3, 0.4) is 0 Å². The summed E-state index contributed by atoms with van der Waals surface area (Å²) < 4.78 is 34.9. The second-order valence-electron chi connectivity index (χ2n) is 8.97. The summed E-state index contributed by atoms with van der Waals surface area (Å²) in [5.74, 6) is -0.475. The molecule has 9 heteroatoms. The van der Waals surface area contributed by atoms with E-state index in [2.05, 4.69) is 30.5 Å². The number of β-amino-alcohol motifs (C(OH)–C–C–N with tert-alkyl or cyclic N) is 1. The SMILES string of the molecule is COC(=O)[C@]1(O)CC(C(C)(C)C)CN(Cc2cnc(-c3ccccc3OC(F)F)s2)C1. The molecule has 3 rings (SSSR count). The van der Waals surface area contributed by atoms with Gasteiger partial charge in [-0.3, -0.25) is 4.90 Å². The molecule has 170 valence electrons. The molecule has 1 saturated heterocycles. The van der Waals surface area contributed by atoms with Crippen LogP contribution >= 0.6 is 11.3 Å². The van der Waals surface area contributed by atoms with E-state index in [4.69, 9.17) is 4.74 Å². The molecular weight excluding hydrogens is 426 g/mol. The number of esters is 1. The molecule has 0 saturated carbocycles. The molecule has 0 radical (unpaired) electrons. The minimum Gasteiger partial charge on any atom is -0.467 e. The van der Waals surface area contributed by atoms with Crippen LogP contribution in [0.2, 0.25) is 0 Å². The van der Waals surface area contributed by atoms with Crippen molar-refractivity contribution >= 4 is 17.3 Å². The van der Waals surface area contributed by atoms with E-state index in [0.717, 1.165) is 4.88 Å². The number of methoxy groups -OCH3 is 1. The Morgan fingerprint density at radius 1 is 1.39 bits per heavy atom. The van der Waals surface area contributed by atoms with Crippen LogP contribution in [0.5, 0.6) is 5.75 Å². The molecule has 1 aromatic carbocycles. The Kier molecular flexibility index (Phi) is 6.98. The minimum absolute atomic E-state index is 0.0734. The Labute approximate surface area is 184 Å². The van der Waals surface area contributed by atoms with E-state index in [9.17, 15) is 18.7 Å². The van der Waals surface area contributed by atoms with Crippen LogP contribution in [0.4, 0.5) is 8.78 Å². The average molecular weight is 455 g/mol. The number of nitrogens with zero attached hydrogens (tertiary/aromatic N) is 2. The lowest BCUT2D eigenvalue weighted by atomic mass is 9.71. The molecule has 0 spiro atoms. The van der Waals surface area contributed by atoms with Crippen LogP contribution in [0.1, 0.15) is 32.1 Å². The first kappa shape index (κ1) is 23.6. The molecule has 1 aliphatic rings. The van der Waals surface area contributed by atoms with Crippen LogP contribution in [-0.2, 0) is 16.1 Å². The number of carbonyl (C=O) groups excluding carboxylic acids is 1. The van der Waals surface area contributed by atoms with Crippen molar-refractivity contribution in [3.63, 3.8) is 0 Å². The zero-order valence-corrected chi connectivity index (χ0v) is 18.9. The lowest BCUT2D eigenvalue weighted by molar-refractivity contribution is -0.173. The fourth-order valence-electron chi connectivity index (χ4n) is 3.89. The van der Waals surface area contributed by atoms with Gasteiger partial charge in [0.15, 0.2) is 5.60 Å². The first-order chi connectivity index (χ1) is 14.5. The number of hydrogen-bond donors (Lipinski definition) is 1. The third-order valence-electron chi connectivity index (χ3n) is 5.60. The van der Waals surface area contributed by atoms with Gasteiger partial charge in [-0.15, -0.1) is 11.3 Å². The van der Waals surface area contributed by atoms with Gasteiger partial charge in [-0.1, -0.05) is 32.9 Å². The zero-order chi connectivity index (χ0) is 22.8. The van der Waals surface area contributed by atoms with Gasteiger partial charge in [0.25, 0.3) is 0 Å². The predicted octanol–water partition coefficient (Wildman–Crippen LogP) is 4.18. The van der Waals surface area contributed by atoms with E-state index in [1.54, 1.807) is 24.4 Å². The number of benzene rings is 1. The minimum atomic E-state index is -2.92. The fourth-order valence-corrected chi connectivity index (χ4v) is 4.87. The highest BCUT2D eigenvalue weighted by atomic mass is 32.1. The van der Waals surface area contributed by atoms with Crippen LogP contribution < -0.4 is 4.74 Å². The van der Waals surface area contributed by atoms with Crippen molar-refractivity contribution in [3.8, 4) is 16.3 Å². The Hall–Kier alpha value is -2.10. The number of thiazole rings is 1. The van der Waals surface area contributed by atoms with E-state index in [1.807, 2.05) is 4.90 Å². The molecular formula is C22H28F2N2O4S. The Morgan fingerprint density at radius 2 is 2.10 bits per heavy atom. The van der Waals surface area contributed by atoms with Gasteiger partial charge < -0.3 is 14.6 Å². The summed E-state index contributed by atoms with van der Waals surface area (Å²) in [6.45, 7) is 4.68.